The summed E-state index contributed by atoms with van der Waals surface area (Å²) >= 11 is 2.22. The van der Waals surface area contributed by atoms with Crippen LogP contribution in [0.4, 0.5) is 0 Å². The van der Waals surface area contributed by atoms with E-state index in [2.05, 4.69) is 41.9 Å². The van der Waals surface area contributed by atoms with E-state index in [1.165, 1.54) is 24.6 Å². The molecule has 2 aromatic rings. The van der Waals surface area contributed by atoms with Crippen molar-refractivity contribution in [2.24, 2.45) is 23.7 Å². The Labute approximate surface area is 324 Å². The van der Waals surface area contributed by atoms with Gasteiger partial charge in [-0.05, 0) is 37.5 Å². The number of rotatable bonds is 8. The van der Waals surface area contributed by atoms with E-state index in [1.54, 1.807) is 13.8 Å². The third kappa shape index (κ3) is 11.0. The average molecular weight is 793 g/mol. The maximum Gasteiger partial charge on any atom is 0.271 e. The van der Waals surface area contributed by atoms with E-state index in [9.17, 15) is 39.0 Å². The zero-order valence-corrected chi connectivity index (χ0v) is 34.2. The van der Waals surface area contributed by atoms with Gasteiger partial charge in [0.1, 0.15) is 45.6 Å². The van der Waals surface area contributed by atoms with Gasteiger partial charge in [0.05, 0.1) is 24.3 Å². The van der Waals surface area contributed by atoms with Gasteiger partial charge >= 0.3 is 0 Å². The normalized spacial score (nSPS) is 26.3. The minimum atomic E-state index is -1.41. The number of hydrogen-bond acceptors (Lipinski definition) is 12. The van der Waals surface area contributed by atoms with Gasteiger partial charge in [-0.25, -0.2) is 9.97 Å². The predicted octanol–water partition coefficient (Wildman–Crippen LogP) is 1.96. The second kappa shape index (κ2) is 19.5. The maximum atomic E-state index is 13.7. The molecule has 18 heteroatoms. The van der Waals surface area contributed by atoms with Crippen LogP contribution in [0.25, 0.3) is 0 Å². The molecule has 0 saturated carbocycles. The highest BCUT2D eigenvalue weighted by Crippen LogP contribution is 2.27. The Hall–Kier alpha value is -4.00. The van der Waals surface area contributed by atoms with Crippen molar-refractivity contribution in [1.82, 2.24) is 41.9 Å². The number of carbonyl (C=O) groups is 6. The van der Waals surface area contributed by atoms with Crippen molar-refractivity contribution in [3.05, 3.63) is 32.2 Å². The molecular weight excluding hydrogens is 737 g/mol. The van der Waals surface area contributed by atoms with Gasteiger partial charge in [-0.3, -0.25) is 28.8 Å². The molecule has 2 aromatic heterocycles. The molecule has 1 aliphatic heterocycles. The molecule has 0 fully saturated rings. The van der Waals surface area contributed by atoms with Crippen molar-refractivity contribution in [1.29, 1.82) is 0 Å². The molecule has 0 saturated heterocycles. The second-order valence-electron chi connectivity index (χ2n) is 14.7. The summed E-state index contributed by atoms with van der Waals surface area (Å²) in [6.45, 7) is 17.3. The van der Waals surface area contributed by atoms with E-state index in [0.29, 0.717) is 22.9 Å². The molecule has 4 bridgehead atoms. The van der Waals surface area contributed by atoms with Crippen LogP contribution < -0.4 is 31.9 Å². The van der Waals surface area contributed by atoms with E-state index in [4.69, 9.17) is 0 Å². The lowest BCUT2D eigenvalue weighted by molar-refractivity contribution is -0.133. The van der Waals surface area contributed by atoms with Crippen molar-refractivity contribution in [3.63, 3.8) is 0 Å². The Morgan fingerprint density at radius 3 is 1.09 bits per heavy atom. The van der Waals surface area contributed by atoms with Gasteiger partial charge in [0.25, 0.3) is 11.8 Å². The summed E-state index contributed by atoms with van der Waals surface area (Å²) < 4.78 is 0. The molecule has 0 aromatic carbocycles. The molecule has 0 spiro atoms. The van der Waals surface area contributed by atoms with Crippen LogP contribution in [0.5, 0.6) is 0 Å². The fraction of sp³-hybridized carbons (Fsp3) is 0.667. The summed E-state index contributed by atoms with van der Waals surface area (Å²) in [7, 11) is 0. The Balaban J connectivity index is 2.13. The molecule has 6 amide bonds. The van der Waals surface area contributed by atoms with Crippen LogP contribution in [0.2, 0.25) is 0 Å². The van der Waals surface area contributed by atoms with E-state index in [1.807, 2.05) is 41.5 Å². The zero-order valence-electron chi connectivity index (χ0n) is 32.6. The Bertz CT molecular complexity index is 1520. The molecule has 4 unspecified atom stereocenters. The van der Waals surface area contributed by atoms with Crippen LogP contribution in [0.1, 0.15) is 125 Å². The number of carbonyl (C=O) groups excluding carboxylic acids is 6. The highest BCUT2D eigenvalue weighted by atomic mass is 32.1. The number of nitrogens with zero attached hydrogens (tertiary/aromatic N) is 2. The number of thiazole rings is 2. The number of amides is 6. The van der Waals surface area contributed by atoms with Crippen LogP contribution in [-0.4, -0.2) is 92.0 Å². The van der Waals surface area contributed by atoms with Crippen molar-refractivity contribution in [2.45, 2.75) is 131 Å². The highest BCUT2D eigenvalue weighted by Gasteiger charge is 2.37. The molecule has 16 nitrogen and oxygen atoms in total. The summed E-state index contributed by atoms with van der Waals surface area (Å²) in [4.78, 5) is 90.9. The molecule has 54 heavy (non-hydrogen) atoms. The molecule has 1 aliphatic rings. The van der Waals surface area contributed by atoms with E-state index in [0.717, 1.165) is 22.7 Å². The number of aromatic nitrogens is 2. The van der Waals surface area contributed by atoms with Crippen molar-refractivity contribution in [2.75, 3.05) is 0 Å². The SMILES string of the molecule is CCC(C)[C@@H]1NC(=O)c2csc(n2)[C@@H](C(C)C)NC(=O)[C@H](C(C)O)NC(=O)[C@H](C(C)CC)NC(=O)c2csc(n2)[C@@H](C(C)C)NC(=O)[C@H](C(C)O)NC1=O. The van der Waals surface area contributed by atoms with Gasteiger partial charge in [0.2, 0.25) is 23.6 Å². The van der Waals surface area contributed by atoms with E-state index in [-0.39, 0.29) is 35.1 Å². The minimum Gasteiger partial charge on any atom is -0.391 e. The number of aliphatic hydroxyl groups excluding tert-OH is 2. The lowest BCUT2D eigenvalue weighted by atomic mass is 9.97. The van der Waals surface area contributed by atoms with Crippen LogP contribution in [0.3, 0.4) is 0 Å². The molecular formula is C36H56N8O8S2. The first-order valence-corrected chi connectivity index (χ1v) is 20.2. The van der Waals surface area contributed by atoms with Crippen molar-refractivity contribution >= 4 is 58.1 Å². The maximum absolute atomic E-state index is 13.7. The predicted molar refractivity (Wildman–Crippen MR) is 204 cm³/mol. The molecule has 10 atom stereocenters. The van der Waals surface area contributed by atoms with Gasteiger partial charge in [-0.1, -0.05) is 68.2 Å². The minimum absolute atomic E-state index is 0.00890. The quantitative estimate of drug-likeness (QED) is 0.193. The molecule has 0 aliphatic carbocycles. The van der Waals surface area contributed by atoms with Crippen LogP contribution >= 0.6 is 22.7 Å². The number of hydrogen-bond donors (Lipinski definition) is 8. The lowest BCUT2D eigenvalue weighted by Crippen LogP contribution is -2.59. The first kappa shape index (κ1) is 44.4. The largest absolute Gasteiger partial charge is 0.391 e. The number of fused-ring (bicyclic) bond motifs is 4. The Morgan fingerprint density at radius 2 is 0.815 bits per heavy atom. The Kier molecular flexibility index (Phi) is 16.1. The molecule has 8 N–H and O–H groups in total. The van der Waals surface area contributed by atoms with Gasteiger partial charge < -0.3 is 42.1 Å². The van der Waals surface area contributed by atoms with E-state index < -0.39 is 83.9 Å². The third-order valence-electron chi connectivity index (χ3n) is 9.66. The summed E-state index contributed by atoms with van der Waals surface area (Å²) in [6.07, 6.45) is -1.68. The van der Waals surface area contributed by atoms with Gasteiger partial charge in [0.15, 0.2) is 0 Å². The van der Waals surface area contributed by atoms with Crippen LogP contribution in [-0.2, 0) is 19.2 Å². The summed E-state index contributed by atoms with van der Waals surface area (Å²) in [5.41, 5.74) is -0.0178. The van der Waals surface area contributed by atoms with Crippen LogP contribution in [0, 0.1) is 23.7 Å². The van der Waals surface area contributed by atoms with Crippen LogP contribution in [0.15, 0.2) is 10.8 Å². The third-order valence-corrected chi connectivity index (χ3v) is 11.5. The van der Waals surface area contributed by atoms with Gasteiger partial charge in [-0.15, -0.1) is 22.7 Å². The highest BCUT2D eigenvalue weighted by molar-refractivity contribution is 7.10. The topological polar surface area (TPSA) is 241 Å². The van der Waals surface area contributed by atoms with Gasteiger partial charge in [-0.2, -0.15) is 0 Å². The Morgan fingerprint density at radius 1 is 0.519 bits per heavy atom. The fourth-order valence-corrected chi connectivity index (χ4v) is 7.76. The molecule has 300 valence electrons. The summed E-state index contributed by atoms with van der Waals surface area (Å²) in [5, 5.41) is 41.5. The van der Waals surface area contributed by atoms with Gasteiger partial charge in [0, 0.05) is 10.8 Å². The molecule has 0 radical (unpaired) electrons. The number of aliphatic hydroxyl groups is 2. The molecule has 3 rings (SSSR count). The molecule has 3 heterocycles. The smallest absolute Gasteiger partial charge is 0.271 e. The summed E-state index contributed by atoms with van der Waals surface area (Å²) in [5.74, 6) is -5.36. The fourth-order valence-electron chi connectivity index (χ4n) is 5.71. The first-order chi connectivity index (χ1) is 25.3. The first-order valence-electron chi connectivity index (χ1n) is 18.4. The van der Waals surface area contributed by atoms with E-state index >= 15 is 0 Å². The number of nitrogens with one attached hydrogen (secondary N) is 6. The monoisotopic (exact) mass is 792 g/mol. The summed E-state index contributed by atoms with van der Waals surface area (Å²) in [6, 6.07) is -6.49. The lowest BCUT2D eigenvalue weighted by Gasteiger charge is -2.29. The standard InChI is InChI=1S/C36H56N8O8S2/c1-11-17(7)25-31(49)43-27(19(9)45)33(51)39-24(16(5)6)36-38-22(14-54-36)30(48)42-26(18(8)12-2)32(50)44-28(20(10)46)34(52)40-23(15(3)4)35-37-21(13-53-35)29(47)41-25/h13-20,23-28,45-46H,11-12H2,1-10H3,(H,39,51)(H,40,52)(H,41,47)(H,42,48)(H,43,49)(H,44,50)/t17?,18?,19?,20?,23-,24-,25+,26+,27+,28+/m1/s1. The van der Waals surface area contributed by atoms with Crippen molar-refractivity contribution in [3.8, 4) is 0 Å². The van der Waals surface area contributed by atoms with Crippen molar-refractivity contribution < 1.29 is 39.0 Å². The zero-order chi connectivity index (χ0) is 40.6. The second-order valence-corrected chi connectivity index (χ2v) is 16.5. The average Bonchev–Trinajstić information content (AvgIpc) is 3.81.